The molecule has 1 aliphatic heterocycles. The van der Waals surface area contributed by atoms with Gasteiger partial charge in [-0.15, -0.1) is 0 Å². The van der Waals surface area contributed by atoms with Crippen molar-refractivity contribution in [3.8, 4) is 0 Å². The third kappa shape index (κ3) is 3.25. The van der Waals surface area contributed by atoms with Crippen molar-refractivity contribution in [3.63, 3.8) is 0 Å². The highest BCUT2D eigenvalue weighted by Gasteiger charge is 2.36. The van der Waals surface area contributed by atoms with E-state index in [0.717, 1.165) is 13.0 Å². The molecule has 1 aromatic rings. The fourth-order valence-corrected chi connectivity index (χ4v) is 2.39. The summed E-state index contributed by atoms with van der Waals surface area (Å²) in [5.74, 6) is -1.28. The van der Waals surface area contributed by atoms with Crippen LogP contribution in [0.5, 0.6) is 0 Å². The quantitative estimate of drug-likeness (QED) is 0.814. The smallest absolute Gasteiger partial charge is 0.388 e. The molecule has 2 N–H and O–H groups in total. The van der Waals surface area contributed by atoms with Gasteiger partial charge in [0, 0.05) is 13.0 Å². The average molecular weight is 277 g/mol. The predicted octanol–water partition coefficient (Wildman–Crippen LogP) is 2.50. The van der Waals surface area contributed by atoms with Crippen molar-refractivity contribution in [1.82, 2.24) is 5.32 Å². The minimum atomic E-state index is -4.71. The highest BCUT2D eigenvalue weighted by Crippen LogP contribution is 2.33. The van der Waals surface area contributed by atoms with E-state index in [4.69, 9.17) is 0 Å². The topological polar surface area (TPSA) is 32.3 Å². The van der Waals surface area contributed by atoms with Crippen LogP contribution in [0.1, 0.15) is 24.0 Å². The summed E-state index contributed by atoms with van der Waals surface area (Å²) in [6.45, 7) is 1.02. The number of benzene rings is 1. The Morgan fingerprint density at radius 3 is 2.63 bits per heavy atom. The second kappa shape index (κ2) is 5.09. The van der Waals surface area contributed by atoms with Crippen LogP contribution in [0.15, 0.2) is 18.2 Å². The van der Waals surface area contributed by atoms with E-state index < -0.39 is 23.2 Å². The monoisotopic (exact) mass is 277 g/mol. The molecule has 1 unspecified atom stereocenters. The number of hydrogen-bond acceptors (Lipinski definition) is 2. The van der Waals surface area contributed by atoms with Crippen LogP contribution in [0, 0.1) is 5.82 Å². The molecule has 1 atom stereocenters. The number of aliphatic hydroxyl groups is 1. The highest BCUT2D eigenvalue weighted by atomic mass is 19.4. The lowest BCUT2D eigenvalue weighted by Crippen LogP contribution is -2.47. The molecule has 0 saturated carbocycles. The largest absolute Gasteiger partial charge is 0.419 e. The number of alkyl halides is 3. The zero-order valence-electron chi connectivity index (χ0n) is 10.2. The first-order valence-electron chi connectivity index (χ1n) is 6.09. The normalized spacial score (nSPS) is 24.5. The third-order valence-electron chi connectivity index (χ3n) is 3.35. The average Bonchev–Trinajstić information content (AvgIpc) is 2.31. The van der Waals surface area contributed by atoms with Crippen LogP contribution in [0.4, 0.5) is 17.6 Å². The minimum Gasteiger partial charge on any atom is -0.388 e. The molecular formula is C13H15F4NO. The van der Waals surface area contributed by atoms with Gasteiger partial charge in [0.05, 0.1) is 11.2 Å². The summed E-state index contributed by atoms with van der Waals surface area (Å²) in [5.41, 5.74) is -2.55. The molecule has 0 aliphatic carbocycles. The number of β-amino-alcohol motifs (C(OH)–C–C–N with tert-alkyl or cyclic N) is 1. The van der Waals surface area contributed by atoms with Gasteiger partial charge in [-0.1, -0.05) is 12.1 Å². The zero-order valence-corrected chi connectivity index (χ0v) is 10.2. The SMILES string of the molecule is OC1(Cc2cccc(C(F)(F)F)c2F)CCCNC1. The van der Waals surface area contributed by atoms with Crippen LogP contribution in [0.3, 0.4) is 0 Å². The van der Waals surface area contributed by atoms with Crippen molar-refractivity contribution in [1.29, 1.82) is 0 Å². The van der Waals surface area contributed by atoms with Gasteiger partial charge in [0.2, 0.25) is 0 Å². The lowest BCUT2D eigenvalue weighted by atomic mass is 9.87. The van der Waals surface area contributed by atoms with Crippen molar-refractivity contribution in [2.45, 2.75) is 31.0 Å². The Bertz CT molecular complexity index is 452. The minimum absolute atomic E-state index is 0.0963. The molecule has 1 fully saturated rings. The van der Waals surface area contributed by atoms with Crippen LogP contribution in [-0.2, 0) is 12.6 Å². The Morgan fingerprint density at radius 2 is 2.05 bits per heavy atom. The van der Waals surface area contributed by atoms with E-state index in [9.17, 15) is 22.7 Å². The second-order valence-electron chi connectivity index (χ2n) is 4.96. The molecule has 0 spiro atoms. The molecule has 0 radical (unpaired) electrons. The Kier molecular flexibility index (Phi) is 3.82. The summed E-state index contributed by atoms with van der Waals surface area (Å²) >= 11 is 0. The molecule has 1 saturated heterocycles. The molecule has 1 aliphatic rings. The Hall–Kier alpha value is -1.14. The Balaban J connectivity index is 2.26. The summed E-state index contributed by atoms with van der Waals surface area (Å²) in [6.07, 6.45) is -3.66. The molecule has 0 amide bonds. The van der Waals surface area contributed by atoms with Crippen LogP contribution in [-0.4, -0.2) is 23.8 Å². The Labute approximate surface area is 108 Å². The van der Waals surface area contributed by atoms with Crippen LogP contribution in [0.2, 0.25) is 0 Å². The van der Waals surface area contributed by atoms with E-state index >= 15 is 0 Å². The van der Waals surface area contributed by atoms with E-state index in [0.29, 0.717) is 12.5 Å². The lowest BCUT2D eigenvalue weighted by molar-refractivity contribution is -0.140. The third-order valence-corrected chi connectivity index (χ3v) is 3.35. The van der Waals surface area contributed by atoms with E-state index in [1.807, 2.05) is 0 Å². The van der Waals surface area contributed by atoms with Gasteiger partial charge in [-0.25, -0.2) is 4.39 Å². The first kappa shape index (κ1) is 14.3. The molecular weight excluding hydrogens is 262 g/mol. The van der Waals surface area contributed by atoms with Gasteiger partial charge < -0.3 is 10.4 Å². The summed E-state index contributed by atoms with van der Waals surface area (Å²) < 4.78 is 51.6. The van der Waals surface area contributed by atoms with E-state index in [-0.39, 0.29) is 18.5 Å². The maximum Gasteiger partial charge on any atom is 0.419 e. The van der Waals surface area contributed by atoms with Crippen molar-refractivity contribution >= 4 is 0 Å². The van der Waals surface area contributed by atoms with Crippen LogP contribution >= 0.6 is 0 Å². The molecule has 2 nitrogen and oxygen atoms in total. The number of halogens is 4. The van der Waals surface area contributed by atoms with Gasteiger partial charge in [-0.2, -0.15) is 13.2 Å². The zero-order chi connectivity index (χ0) is 14.1. The van der Waals surface area contributed by atoms with Crippen molar-refractivity contribution in [3.05, 3.63) is 35.1 Å². The van der Waals surface area contributed by atoms with Gasteiger partial charge >= 0.3 is 6.18 Å². The number of hydrogen-bond donors (Lipinski definition) is 2. The number of rotatable bonds is 2. The van der Waals surface area contributed by atoms with E-state index in [2.05, 4.69) is 5.32 Å². The van der Waals surface area contributed by atoms with Gasteiger partial charge in [-0.3, -0.25) is 0 Å². The lowest BCUT2D eigenvalue weighted by Gasteiger charge is -2.33. The van der Waals surface area contributed by atoms with Crippen LogP contribution in [0.25, 0.3) is 0 Å². The molecule has 1 heterocycles. The maximum atomic E-state index is 13.8. The van der Waals surface area contributed by atoms with Crippen molar-refractivity contribution in [2.24, 2.45) is 0 Å². The van der Waals surface area contributed by atoms with Crippen LogP contribution < -0.4 is 5.32 Å². The fraction of sp³-hybridized carbons (Fsp3) is 0.538. The number of piperidine rings is 1. The van der Waals surface area contributed by atoms with Gasteiger partial charge in [-0.05, 0) is 31.0 Å². The number of nitrogens with one attached hydrogen (secondary N) is 1. The molecule has 19 heavy (non-hydrogen) atoms. The molecule has 0 aromatic heterocycles. The maximum absolute atomic E-state index is 13.8. The first-order chi connectivity index (χ1) is 8.82. The molecule has 6 heteroatoms. The highest BCUT2D eigenvalue weighted by molar-refractivity contribution is 5.29. The standard InChI is InChI=1S/C13H15F4NO/c14-11-9(3-1-4-10(11)13(15,16)17)7-12(19)5-2-6-18-8-12/h1,3-4,18-19H,2,5-8H2. The first-order valence-corrected chi connectivity index (χ1v) is 6.09. The van der Waals surface area contributed by atoms with Gasteiger partial charge in [0.1, 0.15) is 5.82 Å². The summed E-state index contributed by atoms with van der Waals surface area (Å²) in [7, 11) is 0. The molecule has 2 rings (SSSR count). The summed E-state index contributed by atoms with van der Waals surface area (Å²) in [4.78, 5) is 0. The van der Waals surface area contributed by atoms with E-state index in [1.54, 1.807) is 0 Å². The van der Waals surface area contributed by atoms with Crippen molar-refractivity contribution < 1.29 is 22.7 Å². The van der Waals surface area contributed by atoms with Crippen molar-refractivity contribution in [2.75, 3.05) is 13.1 Å². The summed E-state index contributed by atoms with van der Waals surface area (Å²) in [6, 6.07) is 3.17. The second-order valence-corrected chi connectivity index (χ2v) is 4.96. The molecule has 0 bridgehead atoms. The van der Waals surface area contributed by atoms with Gasteiger partial charge in [0.25, 0.3) is 0 Å². The molecule has 1 aromatic carbocycles. The Morgan fingerprint density at radius 1 is 1.32 bits per heavy atom. The van der Waals surface area contributed by atoms with E-state index in [1.165, 1.54) is 12.1 Å². The summed E-state index contributed by atoms with van der Waals surface area (Å²) in [5, 5.41) is 13.2. The van der Waals surface area contributed by atoms with Gasteiger partial charge in [0.15, 0.2) is 0 Å². The molecule has 106 valence electrons. The fourth-order valence-electron chi connectivity index (χ4n) is 2.39. The predicted molar refractivity (Wildman–Crippen MR) is 62.2 cm³/mol.